The van der Waals surface area contributed by atoms with Crippen molar-refractivity contribution in [2.45, 2.75) is 70.1 Å². The number of rotatable bonds is 12. The molecule has 7 nitrogen and oxygen atoms in total. The molecule has 1 saturated heterocycles. The Labute approximate surface area is 278 Å². The van der Waals surface area contributed by atoms with Crippen LogP contribution < -0.4 is 9.47 Å². The number of benzene rings is 4. The van der Waals surface area contributed by atoms with Crippen LogP contribution in [-0.4, -0.2) is 60.5 Å². The van der Waals surface area contributed by atoms with Gasteiger partial charge in [0.05, 0.1) is 39.4 Å². The first-order valence-corrected chi connectivity index (χ1v) is 16.4. The molecular formula is C40H47NO6. The average molecular weight is 638 g/mol. The van der Waals surface area contributed by atoms with Gasteiger partial charge in [-0.3, -0.25) is 4.79 Å². The summed E-state index contributed by atoms with van der Waals surface area (Å²) in [4.78, 5) is 15.6. The zero-order valence-corrected chi connectivity index (χ0v) is 28.3. The highest BCUT2D eigenvalue weighted by molar-refractivity contribution is 5.80. The van der Waals surface area contributed by atoms with Gasteiger partial charge < -0.3 is 29.3 Å². The van der Waals surface area contributed by atoms with Gasteiger partial charge in [0.25, 0.3) is 0 Å². The van der Waals surface area contributed by atoms with Crippen LogP contribution in [0, 0.1) is 0 Å². The Hall–Kier alpha value is -4.33. The number of aromatic hydroxyl groups is 1. The van der Waals surface area contributed by atoms with Crippen molar-refractivity contribution in [1.29, 1.82) is 0 Å². The Morgan fingerprint density at radius 2 is 1.32 bits per heavy atom. The highest BCUT2D eigenvalue weighted by Gasteiger charge is 2.41. The molecule has 2 atom stereocenters. The molecule has 0 bridgehead atoms. The predicted octanol–water partition coefficient (Wildman–Crippen LogP) is 7.17. The fourth-order valence-electron chi connectivity index (χ4n) is 6.73. The Bertz CT molecular complexity index is 1580. The third kappa shape index (κ3) is 7.16. The lowest BCUT2D eigenvalue weighted by molar-refractivity contribution is -0.133. The fourth-order valence-corrected chi connectivity index (χ4v) is 6.73. The summed E-state index contributed by atoms with van der Waals surface area (Å²) in [6, 6.07) is 29.1. The summed E-state index contributed by atoms with van der Waals surface area (Å²) in [6.45, 7) is 8.84. The summed E-state index contributed by atoms with van der Waals surface area (Å²) >= 11 is 0. The molecule has 0 aliphatic carbocycles. The van der Waals surface area contributed by atoms with Gasteiger partial charge in [-0.05, 0) is 76.4 Å². The summed E-state index contributed by atoms with van der Waals surface area (Å²) in [5.41, 5.74) is 4.48. The second-order valence-electron chi connectivity index (χ2n) is 13.0. The van der Waals surface area contributed by atoms with Crippen LogP contribution >= 0.6 is 0 Å². The summed E-state index contributed by atoms with van der Waals surface area (Å²) in [5, 5.41) is 21.8. The zero-order chi connectivity index (χ0) is 33.7. The second kappa shape index (κ2) is 14.6. The number of phenolic OH excluding ortho intramolecular Hbond substituents is 1. The first kappa shape index (κ1) is 34.0. The lowest BCUT2D eigenvalue weighted by Crippen LogP contribution is -2.42. The van der Waals surface area contributed by atoms with E-state index in [1.54, 1.807) is 25.2 Å². The third-order valence-corrected chi connectivity index (χ3v) is 9.25. The van der Waals surface area contributed by atoms with Gasteiger partial charge >= 0.3 is 0 Å². The molecule has 7 heteroatoms. The van der Waals surface area contributed by atoms with Gasteiger partial charge in [0, 0.05) is 12.1 Å². The van der Waals surface area contributed by atoms with E-state index in [4.69, 9.17) is 14.2 Å². The smallest absolute Gasteiger partial charge is 0.227 e. The summed E-state index contributed by atoms with van der Waals surface area (Å²) in [7, 11) is 3.27. The van der Waals surface area contributed by atoms with Crippen molar-refractivity contribution in [1.82, 2.24) is 4.90 Å². The number of nitrogens with zero attached hydrogens (tertiary/aromatic N) is 1. The van der Waals surface area contributed by atoms with Crippen molar-refractivity contribution in [3.63, 3.8) is 0 Å². The molecule has 2 N–H and O–H groups in total. The Kier molecular flexibility index (Phi) is 10.6. The van der Waals surface area contributed by atoms with E-state index in [0.29, 0.717) is 12.0 Å². The van der Waals surface area contributed by atoms with Gasteiger partial charge in [0.2, 0.25) is 5.91 Å². The van der Waals surface area contributed by atoms with Crippen LogP contribution in [0.2, 0.25) is 0 Å². The highest BCUT2D eigenvalue weighted by atomic mass is 16.5. The molecule has 1 aliphatic heterocycles. The Balaban J connectivity index is 1.50. The topological polar surface area (TPSA) is 88.5 Å². The van der Waals surface area contributed by atoms with Gasteiger partial charge in [-0.15, -0.1) is 0 Å². The van der Waals surface area contributed by atoms with E-state index in [1.807, 2.05) is 84.9 Å². The maximum atomic E-state index is 13.9. The van der Waals surface area contributed by atoms with Crippen molar-refractivity contribution in [3.05, 3.63) is 124 Å². The monoisotopic (exact) mass is 637 g/mol. The molecular weight excluding hydrogens is 590 g/mol. The number of carbonyl (C=O) groups excluding carboxylic acids is 1. The summed E-state index contributed by atoms with van der Waals surface area (Å²) in [5.74, 6) is 1.92. The first-order valence-electron chi connectivity index (χ1n) is 16.4. The lowest BCUT2D eigenvalue weighted by atomic mass is 9.80. The van der Waals surface area contributed by atoms with E-state index in [-0.39, 0.29) is 49.1 Å². The number of hydrogen-bond donors (Lipinski definition) is 2. The van der Waals surface area contributed by atoms with Gasteiger partial charge in [-0.2, -0.15) is 0 Å². The minimum absolute atomic E-state index is 0.0357. The van der Waals surface area contributed by atoms with E-state index in [0.717, 1.165) is 39.3 Å². The molecule has 2 unspecified atom stereocenters. The van der Waals surface area contributed by atoms with Crippen LogP contribution in [0.5, 0.6) is 17.2 Å². The minimum Gasteiger partial charge on any atom is -0.508 e. The number of likely N-dealkylation sites (tertiary alicyclic amines) is 1. The Morgan fingerprint density at radius 3 is 1.83 bits per heavy atom. The number of β-amino-alcohol motifs (C(OH)–C–C–N with tert-alkyl or cyclic N) is 1. The van der Waals surface area contributed by atoms with Gasteiger partial charge in [-0.1, -0.05) is 88.4 Å². The molecule has 1 aliphatic rings. The maximum absolute atomic E-state index is 13.9. The van der Waals surface area contributed by atoms with Crippen LogP contribution in [0.15, 0.2) is 91.0 Å². The normalized spacial score (nSPS) is 16.6. The molecule has 4 aromatic rings. The molecule has 47 heavy (non-hydrogen) atoms. The fraction of sp³-hybridized carbons (Fsp3) is 0.375. The molecule has 1 heterocycles. The maximum Gasteiger partial charge on any atom is 0.227 e. The largest absolute Gasteiger partial charge is 0.508 e. The van der Waals surface area contributed by atoms with E-state index in [9.17, 15) is 15.0 Å². The lowest BCUT2D eigenvalue weighted by Gasteiger charge is -2.38. The Morgan fingerprint density at radius 1 is 0.809 bits per heavy atom. The number of carbonyl (C=O) groups is 1. The zero-order valence-electron chi connectivity index (χ0n) is 28.3. The standard InChI is InChI=1S/C40H47NO6/c1-26(2)36-20-28(38(43)23-37(36)27(3)4)21-39(44)41-24-33(42)22-32(41)25-47-40(29-10-8-7-9-11-29,30-12-16-34(45-5)17-13-30)31-14-18-35(46-6)19-15-31/h7-20,23,26-27,32-33,42-43H,21-22,24-25H2,1-6H3. The van der Waals surface area contributed by atoms with Crippen molar-refractivity contribution in [2.24, 2.45) is 0 Å². The number of phenols is 1. The minimum atomic E-state index is -1.04. The van der Waals surface area contributed by atoms with Crippen LogP contribution in [0.25, 0.3) is 0 Å². The molecule has 1 fully saturated rings. The van der Waals surface area contributed by atoms with Crippen LogP contribution in [-0.2, 0) is 21.6 Å². The van der Waals surface area contributed by atoms with Crippen molar-refractivity contribution >= 4 is 5.91 Å². The molecule has 248 valence electrons. The van der Waals surface area contributed by atoms with Gasteiger partial charge in [-0.25, -0.2) is 0 Å². The van der Waals surface area contributed by atoms with Gasteiger partial charge in [0.1, 0.15) is 22.8 Å². The SMILES string of the molecule is COc1ccc(C(OCC2CC(O)CN2C(=O)Cc2cc(C(C)C)c(C(C)C)cc2O)(c2ccccc2)c2ccc(OC)cc2)cc1. The summed E-state index contributed by atoms with van der Waals surface area (Å²) < 4.78 is 18.0. The van der Waals surface area contributed by atoms with E-state index < -0.39 is 11.7 Å². The third-order valence-electron chi connectivity index (χ3n) is 9.25. The molecule has 0 saturated carbocycles. The highest BCUT2D eigenvalue weighted by Crippen LogP contribution is 2.42. The number of methoxy groups -OCH3 is 2. The molecule has 5 rings (SSSR count). The number of aliphatic hydroxyl groups is 1. The van der Waals surface area contributed by atoms with Crippen LogP contribution in [0.1, 0.15) is 79.3 Å². The average Bonchev–Trinajstić information content (AvgIpc) is 3.46. The molecule has 4 aromatic carbocycles. The first-order chi connectivity index (χ1) is 22.6. The van der Waals surface area contributed by atoms with E-state index >= 15 is 0 Å². The number of ether oxygens (including phenoxy) is 3. The van der Waals surface area contributed by atoms with Crippen molar-refractivity contribution < 1.29 is 29.2 Å². The summed E-state index contributed by atoms with van der Waals surface area (Å²) in [6.07, 6.45) is -0.255. The van der Waals surface area contributed by atoms with Crippen LogP contribution in [0.3, 0.4) is 0 Å². The van der Waals surface area contributed by atoms with E-state index in [2.05, 4.69) is 27.7 Å². The molecule has 1 amide bonds. The van der Waals surface area contributed by atoms with Crippen molar-refractivity contribution in [2.75, 3.05) is 27.4 Å². The number of hydrogen-bond acceptors (Lipinski definition) is 6. The van der Waals surface area contributed by atoms with Crippen LogP contribution in [0.4, 0.5) is 0 Å². The molecule has 0 spiro atoms. The van der Waals surface area contributed by atoms with E-state index in [1.165, 1.54) is 0 Å². The molecule has 0 aromatic heterocycles. The van der Waals surface area contributed by atoms with Gasteiger partial charge in [0.15, 0.2) is 0 Å². The predicted molar refractivity (Wildman–Crippen MR) is 184 cm³/mol. The second-order valence-corrected chi connectivity index (χ2v) is 13.0. The van der Waals surface area contributed by atoms with Crippen molar-refractivity contribution in [3.8, 4) is 17.2 Å². The number of aliphatic hydroxyl groups excluding tert-OH is 1. The number of amides is 1. The molecule has 0 radical (unpaired) electrons. The quantitative estimate of drug-likeness (QED) is 0.160.